The normalized spacial score (nSPS) is 30.4. The maximum atomic E-state index is 13.6. The van der Waals surface area contributed by atoms with E-state index in [1.807, 2.05) is 24.3 Å². The smallest absolute Gasteiger partial charge is 0.259 e. The highest BCUT2D eigenvalue weighted by atomic mass is 35.5. The summed E-state index contributed by atoms with van der Waals surface area (Å²) in [6.07, 6.45) is 6.28. The van der Waals surface area contributed by atoms with Crippen molar-refractivity contribution < 1.29 is 14.4 Å². The monoisotopic (exact) mass is 494 g/mol. The molecular formula is C27H24Cl2N2O3. The molecule has 2 saturated carbocycles. The van der Waals surface area contributed by atoms with Crippen LogP contribution in [0.4, 0.5) is 5.69 Å². The quantitative estimate of drug-likeness (QED) is 0.423. The third-order valence-electron chi connectivity index (χ3n) is 8.10. The molecule has 1 aliphatic heterocycles. The predicted molar refractivity (Wildman–Crippen MR) is 131 cm³/mol. The molecule has 0 aromatic heterocycles. The Balaban J connectivity index is 1.34. The number of carbonyl (C=O) groups excluding carboxylic acids is 3. The number of likely N-dealkylation sites (tertiary alicyclic amines) is 1. The van der Waals surface area contributed by atoms with Gasteiger partial charge in [-0.1, -0.05) is 54.4 Å². The number of benzene rings is 2. The minimum Gasteiger partial charge on any atom is -0.290 e. The lowest BCUT2D eigenvalue weighted by atomic mass is 9.63. The van der Waals surface area contributed by atoms with E-state index in [0.717, 1.165) is 18.4 Å². The second-order valence-corrected chi connectivity index (χ2v) is 10.6. The number of allylic oxidation sites excluding steroid dienone is 2. The van der Waals surface area contributed by atoms with Crippen LogP contribution < -0.4 is 4.90 Å². The van der Waals surface area contributed by atoms with Crippen molar-refractivity contribution in [2.45, 2.75) is 19.8 Å². The molecule has 34 heavy (non-hydrogen) atoms. The molecule has 3 amide bonds. The van der Waals surface area contributed by atoms with E-state index in [1.165, 1.54) is 15.9 Å². The van der Waals surface area contributed by atoms with Gasteiger partial charge >= 0.3 is 0 Å². The number of hydrogen-bond donors (Lipinski definition) is 0. The van der Waals surface area contributed by atoms with Gasteiger partial charge in [0.15, 0.2) is 0 Å². The zero-order chi connectivity index (χ0) is 23.7. The average Bonchev–Trinajstić information content (AvgIpc) is 3.64. The molecule has 2 aromatic carbocycles. The van der Waals surface area contributed by atoms with Gasteiger partial charge in [0.05, 0.1) is 21.9 Å². The largest absolute Gasteiger partial charge is 0.290 e. The van der Waals surface area contributed by atoms with Gasteiger partial charge in [0.25, 0.3) is 5.91 Å². The van der Waals surface area contributed by atoms with E-state index in [2.05, 4.69) is 19.1 Å². The van der Waals surface area contributed by atoms with Crippen LogP contribution >= 0.6 is 23.2 Å². The van der Waals surface area contributed by atoms with Crippen LogP contribution in [0.2, 0.25) is 10.0 Å². The predicted octanol–water partition coefficient (Wildman–Crippen LogP) is 5.21. The second-order valence-electron chi connectivity index (χ2n) is 9.78. The zero-order valence-corrected chi connectivity index (χ0v) is 20.2. The topological polar surface area (TPSA) is 57.7 Å². The summed E-state index contributed by atoms with van der Waals surface area (Å²) >= 11 is 12.2. The number of nitrogens with zero attached hydrogens (tertiary/aromatic N) is 2. The van der Waals surface area contributed by atoms with Gasteiger partial charge in [0.2, 0.25) is 11.8 Å². The van der Waals surface area contributed by atoms with Crippen molar-refractivity contribution in [1.29, 1.82) is 0 Å². The number of halogens is 2. The van der Waals surface area contributed by atoms with Crippen molar-refractivity contribution in [2.24, 2.45) is 35.5 Å². The van der Waals surface area contributed by atoms with E-state index >= 15 is 0 Å². The van der Waals surface area contributed by atoms with Crippen molar-refractivity contribution in [2.75, 3.05) is 11.6 Å². The molecule has 6 atom stereocenters. The summed E-state index contributed by atoms with van der Waals surface area (Å²) in [5, 5.41) is 0.627. The Bertz CT molecular complexity index is 1200. The standard InChI is InChI=1S/C27H24Cl2N2O3/c1-2-14-3-6-16(7-4-14)30(25(32)15-5-10-21(28)22(29)11-15)13-31-26(33)23-17-8-9-18(20-12-19(17)20)24(23)27(31)34/h3-11,17-20,23-24H,2,12-13H2,1H3. The lowest BCUT2D eigenvalue weighted by molar-refractivity contribution is -0.140. The van der Waals surface area contributed by atoms with Crippen LogP contribution in [0.5, 0.6) is 0 Å². The molecule has 6 unspecified atom stereocenters. The van der Waals surface area contributed by atoms with E-state index in [9.17, 15) is 14.4 Å². The van der Waals surface area contributed by atoms with Crippen LogP contribution in [0, 0.1) is 35.5 Å². The molecule has 3 fully saturated rings. The van der Waals surface area contributed by atoms with Crippen molar-refractivity contribution >= 4 is 46.6 Å². The van der Waals surface area contributed by atoms with Crippen molar-refractivity contribution in [3.05, 3.63) is 75.8 Å². The number of amides is 3. The first-order valence-electron chi connectivity index (χ1n) is 11.8. The van der Waals surface area contributed by atoms with Gasteiger partial charge in [0.1, 0.15) is 6.67 Å². The Hall–Kier alpha value is -2.63. The van der Waals surface area contributed by atoms with Gasteiger partial charge in [-0.2, -0.15) is 0 Å². The molecule has 5 aliphatic rings. The Labute approximate surface area is 208 Å². The fraction of sp³-hybridized carbons (Fsp3) is 0.370. The van der Waals surface area contributed by atoms with Gasteiger partial charge in [-0.15, -0.1) is 0 Å². The van der Waals surface area contributed by atoms with Gasteiger partial charge in [0, 0.05) is 11.3 Å². The molecule has 2 aromatic rings. The Morgan fingerprint density at radius 2 is 1.56 bits per heavy atom. The van der Waals surface area contributed by atoms with E-state index < -0.39 is 0 Å². The van der Waals surface area contributed by atoms with Crippen molar-refractivity contribution in [3.63, 3.8) is 0 Å². The highest BCUT2D eigenvalue weighted by molar-refractivity contribution is 6.42. The maximum Gasteiger partial charge on any atom is 0.259 e. The number of hydrogen-bond acceptors (Lipinski definition) is 3. The number of rotatable bonds is 5. The van der Waals surface area contributed by atoms with Gasteiger partial charge in [-0.25, -0.2) is 0 Å². The summed E-state index contributed by atoms with van der Waals surface area (Å²) in [7, 11) is 0. The zero-order valence-electron chi connectivity index (χ0n) is 18.7. The van der Waals surface area contributed by atoms with Crippen LogP contribution in [0.1, 0.15) is 29.3 Å². The summed E-state index contributed by atoms with van der Waals surface area (Å²) in [6, 6.07) is 12.3. The first kappa shape index (κ1) is 21.9. The molecule has 4 aliphatic carbocycles. The lowest BCUT2D eigenvalue weighted by Gasteiger charge is -2.37. The third-order valence-corrected chi connectivity index (χ3v) is 8.84. The number of aryl methyl sites for hydroxylation is 1. The van der Waals surface area contributed by atoms with Crippen LogP contribution in [-0.2, 0) is 16.0 Å². The van der Waals surface area contributed by atoms with Crippen LogP contribution in [0.25, 0.3) is 0 Å². The molecule has 2 bridgehead atoms. The average molecular weight is 495 g/mol. The highest BCUT2D eigenvalue weighted by Crippen LogP contribution is 2.65. The Morgan fingerprint density at radius 1 is 0.941 bits per heavy atom. The summed E-state index contributed by atoms with van der Waals surface area (Å²) in [5.74, 6) is 0.100. The van der Waals surface area contributed by atoms with E-state index in [1.54, 1.807) is 12.1 Å². The fourth-order valence-corrected chi connectivity index (χ4v) is 6.56. The molecule has 7 rings (SSSR count). The number of carbonyl (C=O) groups is 3. The molecular weight excluding hydrogens is 471 g/mol. The molecule has 0 N–H and O–H groups in total. The molecule has 5 nitrogen and oxygen atoms in total. The first-order valence-corrected chi connectivity index (χ1v) is 12.5. The Morgan fingerprint density at radius 3 is 2.12 bits per heavy atom. The summed E-state index contributed by atoms with van der Waals surface area (Å²) in [6.45, 7) is 1.94. The van der Waals surface area contributed by atoms with Crippen LogP contribution in [0.3, 0.4) is 0 Å². The minimum absolute atomic E-state index is 0.121. The van der Waals surface area contributed by atoms with E-state index in [-0.39, 0.29) is 53.1 Å². The third kappa shape index (κ3) is 3.24. The number of imide groups is 1. The van der Waals surface area contributed by atoms with Gasteiger partial charge in [-0.05, 0) is 72.4 Å². The van der Waals surface area contributed by atoms with E-state index in [0.29, 0.717) is 28.1 Å². The molecule has 1 saturated heterocycles. The molecule has 0 spiro atoms. The maximum absolute atomic E-state index is 13.6. The minimum atomic E-state index is -0.345. The SMILES string of the molecule is CCc1ccc(N(CN2C(=O)C3C4C=CC(C5CC45)C3C2=O)C(=O)c2ccc(Cl)c(Cl)c2)cc1. The molecule has 7 heteroatoms. The first-order chi connectivity index (χ1) is 16.4. The van der Waals surface area contributed by atoms with Crippen molar-refractivity contribution in [3.8, 4) is 0 Å². The fourth-order valence-electron chi connectivity index (χ4n) is 6.26. The Kier molecular flexibility index (Phi) is 5.12. The molecule has 174 valence electrons. The highest BCUT2D eigenvalue weighted by Gasteiger charge is 2.67. The number of anilines is 1. The summed E-state index contributed by atoms with van der Waals surface area (Å²) in [4.78, 5) is 43.5. The second kappa shape index (κ2) is 7.96. The van der Waals surface area contributed by atoms with E-state index in [4.69, 9.17) is 23.2 Å². The molecule has 0 radical (unpaired) electrons. The van der Waals surface area contributed by atoms with Gasteiger partial charge < -0.3 is 0 Å². The lowest BCUT2D eigenvalue weighted by Crippen LogP contribution is -2.45. The van der Waals surface area contributed by atoms with Crippen molar-refractivity contribution in [1.82, 2.24) is 4.90 Å². The summed E-state index contributed by atoms with van der Waals surface area (Å²) < 4.78 is 0. The molecule has 1 heterocycles. The summed E-state index contributed by atoms with van der Waals surface area (Å²) in [5.41, 5.74) is 2.09. The van der Waals surface area contributed by atoms with Crippen LogP contribution in [-0.4, -0.2) is 29.3 Å². The van der Waals surface area contributed by atoms with Gasteiger partial charge in [-0.3, -0.25) is 24.2 Å². The van der Waals surface area contributed by atoms with Crippen LogP contribution in [0.15, 0.2) is 54.6 Å².